The van der Waals surface area contributed by atoms with Crippen LogP contribution in [0.15, 0.2) is 18.2 Å². The van der Waals surface area contributed by atoms with E-state index in [0.717, 1.165) is 30.2 Å². The van der Waals surface area contributed by atoms with Gasteiger partial charge in [-0.2, -0.15) is 11.8 Å². The van der Waals surface area contributed by atoms with Gasteiger partial charge in [0.15, 0.2) is 0 Å². The number of carbonyl (C=O) groups excluding carboxylic acids is 1. The Morgan fingerprint density at radius 1 is 1.38 bits per heavy atom. The first-order valence-electron chi connectivity index (χ1n) is 5.42. The first kappa shape index (κ1) is 11.3. The molecule has 1 amide bonds. The molecule has 1 aliphatic rings. The summed E-state index contributed by atoms with van der Waals surface area (Å²) >= 11 is 1.89. The van der Waals surface area contributed by atoms with Gasteiger partial charge in [0.25, 0.3) is 5.91 Å². The molecule has 86 valence electrons. The van der Waals surface area contributed by atoms with E-state index in [1.165, 1.54) is 0 Å². The first-order valence-corrected chi connectivity index (χ1v) is 6.57. The van der Waals surface area contributed by atoms with E-state index in [0.29, 0.717) is 11.3 Å². The van der Waals surface area contributed by atoms with Gasteiger partial charge in [-0.25, -0.2) is 0 Å². The van der Waals surface area contributed by atoms with E-state index in [9.17, 15) is 4.79 Å². The van der Waals surface area contributed by atoms with Crippen molar-refractivity contribution in [1.82, 2.24) is 4.90 Å². The van der Waals surface area contributed by atoms with Crippen LogP contribution in [-0.4, -0.2) is 35.4 Å². The lowest BCUT2D eigenvalue weighted by Crippen LogP contribution is -2.38. The summed E-state index contributed by atoms with van der Waals surface area (Å²) in [6.07, 6.45) is 0. The molecule has 0 saturated carbocycles. The fraction of sp³-hybridized carbons (Fsp3) is 0.417. The fourth-order valence-electron chi connectivity index (χ4n) is 1.91. The maximum Gasteiger partial charge on any atom is 0.256 e. The molecule has 1 aromatic carbocycles. The second-order valence-corrected chi connectivity index (χ2v) is 5.17. The van der Waals surface area contributed by atoms with Crippen molar-refractivity contribution in [1.29, 1.82) is 0 Å². The summed E-state index contributed by atoms with van der Waals surface area (Å²) in [7, 11) is 0. The molecule has 1 aromatic rings. The summed E-state index contributed by atoms with van der Waals surface area (Å²) in [5.74, 6) is 2.13. The minimum atomic E-state index is 0.0795. The molecule has 0 bridgehead atoms. The van der Waals surface area contributed by atoms with Crippen LogP contribution in [0, 0.1) is 6.92 Å². The molecular weight excluding hydrogens is 220 g/mol. The van der Waals surface area contributed by atoms with Gasteiger partial charge < -0.3 is 10.6 Å². The van der Waals surface area contributed by atoms with Crippen molar-refractivity contribution in [2.45, 2.75) is 6.92 Å². The van der Waals surface area contributed by atoms with Crippen LogP contribution in [0.25, 0.3) is 0 Å². The minimum absolute atomic E-state index is 0.0795. The van der Waals surface area contributed by atoms with E-state index in [-0.39, 0.29) is 5.91 Å². The van der Waals surface area contributed by atoms with Crippen molar-refractivity contribution in [3.8, 4) is 0 Å². The number of rotatable bonds is 1. The highest BCUT2D eigenvalue weighted by Gasteiger charge is 2.21. The zero-order valence-corrected chi connectivity index (χ0v) is 10.2. The van der Waals surface area contributed by atoms with Gasteiger partial charge in [0.2, 0.25) is 0 Å². The topological polar surface area (TPSA) is 46.3 Å². The van der Waals surface area contributed by atoms with Gasteiger partial charge in [0.05, 0.1) is 5.56 Å². The average Bonchev–Trinajstić information content (AvgIpc) is 2.30. The molecule has 1 aliphatic heterocycles. The van der Waals surface area contributed by atoms with Gasteiger partial charge in [0, 0.05) is 30.3 Å². The van der Waals surface area contributed by atoms with E-state index < -0.39 is 0 Å². The normalized spacial score (nSPS) is 16.2. The van der Waals surface area contributed by atoms with Crippen LogP contribution in [0.2, 0.25) is 0 Å². The lowest BCUT2D eigenvalue weighted by atomic mass is 10.1. The standard InChI is InChI=1S/C12H16N2OS/c1-9-3-2-4-10(13)11(9)12(15)14-5-7-16-8-6-14/h2-4H,5-8,13H2,1H3. The lowest BCUT2D eigenvalue weighted by molar-refractivity contribution is 0.0772. The van der Waals surface area contributed by atoms with Crippen molar-refractivity contribution in [2.75, 3.05) is 30.3 Å². The second-order valence-electron chi connectivity index (χ2n) is 3.94. The predicted molar refractivity (Wildman–Crippen MR) is 68.8 cm³/mol. The minimum Gasteiger partial charge on any atom is -0.398 e. The van der Waals surface area contributed by atoms with E-state index in [4.69, 9.17) is 5.73 Å². The third-order valence-electron chi connectivity index (χ3n) is 2.82. The number of anilines is 1. The van der Waals surface area contributed by atoms with Crippen LogP contribution in [0.1, 0.15) is 15.9 Å². The van der Waals surface area contributed by atoms with Crippen molar-refractivity contribution >= 4 is 23.4 Å². The molecule has 2 N–H and O–H groups in total. The number of amides is 1. The molecule has 0 spiro atoms. The molecule has 0 aliphatic carbocycles. The Balaban J connectivity index is 2.26. The SMILES string of the molecule is Cc1cccc(N)c1C(=O)N1CCSCC1. The number of carbonyl (C=O) groups is 1. The molecule has 1 saturated heterocycles. The molecule has 0 unspecified atom stereocenters. The van der Waals surface area contributed by atoms with Crippen molar-refractivity contribution in [3.05, 3.63) is 29.3 Å². The lowest BCUT2D eigenvalue weighted by Gasteiger charge is -2.27. The third-order valence-corrected chi connectivity index (χ3v) is 3.76. The highest BCUT2D eigenvalue weighted by atomic mass is 32.2. The van der Waals surface area contributed by atoms with Gasteiger partial charge >= 0.3 is 0 Å². The molecule has 1 fully saturated rings. The van der Waals surface area contributed by atoms with Gasteiger partial charge in [0.1, 0.15) is 0 Å². The molecular formula is C12H16N2OS. The predicted octanol–water partition coefficient (Wildman–Crippen LogP) is 1.77. The maximum absolute atomic E-state index is 12.3. The van der Waals surface area contributed by atoms with Crippen molar-refractivity contribution < 1.29 is 4.79 Å². The van der Waals surface area contributed by atoms with Gasteiger partial charge in [-0.3, -0.25) is 4.79 Å². The smallest absolute Gasteiger partial charge is 0.256 e. The van der Waals surface area contributed by atoms with Crippen LogP contribution in [-0.2, 0) is 0 Å². The average molecular weight is 236 g/mol. The summed E-state index contributed by atoms with van der Waals surface area (Å²) in [5, 5.41) is 0. The summed E-state index contributed by atoms with van der Waals surface area (Å²) in [5.41, 5.74) is 8.10. The zero-order chi connectivity index (χ0) is 11.5. The molecule has 3 nitrogen and oxygen atoms in total. The Morgan fingerprint density at radius 2 is 2.06 bits per heavy atom. The highest BCUT2D eigenvalue weighted by Crippen LogP contribution is 2.20. The number of nitrogens with zero attached hydrogens (tertiary/aromatic N) is 1. The van der Waals surface area contributed by atoms with Gasteiger partial charge in [-0.15, -0.1) is 0 Å². The van der Waals surface area contributed by atoms with Gasteiger partial charge in [-0.05, 0) is 18.6 Å². The maximum atomic E-state index is 12.3. The van der Waals surface area contributed by atoms with Crippen LogP contribution in [0.4, 0.5) is 5.69 Å². The molecule has 2 rings (SSSR count). The highest BCUT2D eigenvalue weighted by molar-refractivity contribution is 7.99. The van der Waals surface area contributed by atoms with Crippen LogP contribution in [0.5, 0.6) is 0 Å². The number of hydrogen-bond acceptors (Lipinski definition) is 3. The number of benzene rings is 1. The zero-order valence-electron chi connectivity index (χ0n) is 9.40. The third kappa shape index (κ3) is 2.16. The first-order chi connectivity index (χ1) is 7.70. The van der Waals surface area contributed by atoms with E-state index in [1.807, 2.05) is 35.7 Å². The number of hydrogen-bond donors (Lipinski definition) is 1. The number of aryl methyl sites for hydroxylation is 1. The largest absolute Gasteiger partial charge is 0.398 e. The number of nitrogens with two attached hydrogens (primary N) is 1. The Bertz CT molecular complexity index is 380. The van der Waals surface area contributed by atoms with Crippen LogP contribution in [0.3, 0.4) is 0 Å². The van der Waals surface area contributed by atoms with E-state index in [2.05, 4.69) is 0 Å². The molecule has 16 heavy (non-hydrogen) atoms. The summed E-state index contributed by atoms with van der Waals surface area (Å²) in [6.45, 7) is 3.59. The Labute approximate surface area is 100.0 Å². The Morgan fingerprint density at radius 3 is 2.69 bits per heavy atom. The molecule has 0 radical (unpaired) electrons. The second kappa shape index (κ2) is 4.78. The Hall–Kier alpha value is -1.16. The Kier molecular flexibility index (Phi) is 3.39. The summed E-state index contributed by atoms with van der Waals surface area (Å²) < 4.78 is 0. The van der Waals surface area contributed by atoms with Crippen LogP contribution >= 0.6 is 11.8 Å². The number of nitrogen functional groups attached to an aromatic ring is 1. The van der Waals surface area contributed by atoms with Crippen molar-refractivity contribution in [2.24, 2.45) is 0 Å². The molecule has 0 atom stereocenters. The summed E-state index contributed by atoms with van der Waals surface area (Å²) in [6, 6.07) is 5.61. The van der Waals surface area contributed by atoms with E-state index in [1.54, 1.807) is 6.07 Å². The van der Waals surface area contributed by atoms with Crippen LogP contribution < -0.4 is 5.73 Å². The van der Waals surface area contributed by atoms with E-state index >= 15 is 0 Å². The molecule has 0 aromatic heterocycles. The number of thioether (sulfide) groups is 1. The van der Waals surface area contributed by atoms with Crippen molar-refractivity contribution in [3.63, 3.8) is 0 Å². The monoisotopic (exact) mass is 236 g/mol. The fourth-order valence-corrected chi connectivity index (χ4v) is 2.81. The van der Waals surface area contributed by atoms with Gasteiger partial charge in [-0.1, -0.05) is 12.1 Å². The molecule has 1 heterocycles. The summed E-state index contributed by atoms with van der Waals surface area (Å²) in [4.78, 5) is 14.2. The molecule has 4 heteroatoms. The quantitative estimate of drug-likeness (QED) is 0.756.